The second kappa shape index (κ2) is 11.0. The maximum Gasteiger partial charge on any atom is 0.253 e. The normalized spacial score (nSPS) is 14.1. The van der Waals surface area contributed by atoms with Crippen molar-refractivity contribution in [3.63, 3.8) is 0 Å². The third kappa shape index (κ3) is 4.38. The molecule has 1 aliphatic heterocycles. The van der Waals surface area contributed by atoms with E-state index < -0.39 is 0 Å². The lowest BCUT2D eigenvalue weighted by atomic mass is 9.87. The van der Waals surface area contributed by atoms with Crippen molar-refractivity contribution >= 4 is 40.3 Å². The SMILES string of the molecule is C=C1c2ccccc2-c2c(-c3cccc4ccccc34)cc(C(=O)NCCCC)c(N3CCNCC3)c21.Cl. The number of carbonyl (C=O) groups is 1. The summed E-state index contributed by atoms with van der Waals surface area (Å²) < 4.78 is 0. The largest absolute Gasteiger partial charge is 0.368 e. The molecule has 0 unspecified atom stereocenters. The molecule has 2 N–H and O–H groups in total. The molecule has 4 nitrogen and oxygen atoms in total. The van der Waals surface area contributed by atoms with Crippen LogP contribution < -0.4 is 15.5 Å². The molecule has 0 aromatic heterocycles. The van der Waals surface area contributed by atoms with Crippen LogP contribution in [0.4, 0.5) is 5.69 Å². The number of nitrogens with zero attached hydrogens (tertiary/aromatic N) is 1. The molecule has 194 valence electrons. The molecule has 0 radical (unpaired) electrons. The van der Waals surface area contributed by atoms with E-state index in [2.05, 4.69) is 102 Å². The van der Waals surface area contributed by atoms with Crippen LogP contribution in [0.5, 0.6) is 0 Å². The number of fused-ring (bicyclic) bond motifs is 4. The number of amides is 1. The van der Waals surface area contributed by atoms with Gasteiger partial charge in [0.2, 0.25) is 0 Å². The van der Waals surface area contributed by atoms with Crippen LogP contribution in [0.1, 0.15) is 41.3 Å². The quantitative estimate of drug-likeness (QED) is 0.238. The molecule has 38 heavy (non-hydrogen) atoms. The zero-order valence-electron chi connectivity index (χ0n) is 21.8. The second-order valence-corrected chi connectivity index (χ2v) is 9.97. The van der Waals surface area contributed by atoms with Crippen LogP contribution in [-0.2, 0) is 0 Å². The van der Waals surface area contributed by atoms with Crippen LogP contribution >= 0.6 is 12.4 Å². The molecule has 0 atom stereocenters. The van der Waals surface area contributed by atoms with Gasteiger partial charge in [0.05, 0.1) is 11.3 Å². The zero-order valence-corrected chi connectivity index (χ0v) is 22.7. The van der Waals surface area contributed by atoms with E-state index in [0.717, 1.165) is 78.1 Å². The minimum Gasteiger partial charge on any atom is -0.368 e. The molecule has 5 heteroatoms. The first-order valence-electron chi connectivity index (χ1n) is 13.4. The Bertz CT molecular complexity index is 1520. The summed E-state index contributed by atoms with van der Waals surface area (Å²) >= 11 is 0. The third-order valence-electron chi connectivity index (χ3n) is 7.70. The van der Waals surface area contributed by atoms with Crippen LogP contribution in [-0.4, -0.2) is 38.6 Å². The monoisotopic (exact) mass is 523 g/mol. The number of unbranched alkanes of at least 4 members (excludes halogenated alkanes) is 1. The van der Waals surface area contributed by atoms with Gasteiger partial charge in [0, 0.05) is 43.9 Å². The van der Waals surface area contributed by atoms with Crippen LogP contribution in [0, 0.1) is 0 Å². The van der Waals surface area contributed by atoms with Crippen molar-refractivity contribution in [2.24, 2.45) is 0 Å². The highest BCUT2D eigenvalue weighted by Gasteiger charge is 2.34. The zero-order chi connectivity index (χ0) is 25.4. The van der Waals surface area contributed by atoms with E-state index in [9.17, 15) is 4.79 Å². The van der Waals surface area contributed by atoms with Crippen molar-refractivity contribution in [2.45, 2.75) is 19.8 Å². The van der Waals surface area contributed by atoms with Gasteiger partial charge >= 0.3 is 0 Å². The first-order valence-corrected chi connectivity index (χ1v) is 13.4. The Kier molecular flexibility index (Phi) is 7.55. The lowest BCUT2D eigenvalue weighted by Gasteiger charge is -2.33. The fraction of sp³-hybridized carbons (Fsp3) is 0.242. The Hall–Kier alpha value is -3.60. The molecule has 6 rings (SSSR count). The summed E-state index contributed by atoms with van der Waals surface area (Å²) in [5, 5.41) is 9.06. The molecule has 2 aliphatic rings. The van der Waals surface area contributed by atoms with Gasteiger partial charge in [-0.3, -0.25) is 4.79 Å². The Balaban J connectivity index is 0.00000294. The molecular weight excluding hydrogens is 490 g/mol. The minimum absolute atomic E-state index is 0. The molecule has 4 aromatic rings. The molecular formula is C33H34ClN3O. The van der Waals surface area contributed by atoms with E-state index in [1.54, 1.807) is 0 Å². The van der Waals surface area contributed by atoms with Gasteiger partial charge in [-0.2, -0.15) is 0 Å². The molecule has 1 fully saturated rings. The number of piperazine rings is 1. The highest BCUT2D eigenvalue weighted by atomic mass is 35.5. The molecule has 1 heterocycles. The number of hydrogen-bond acceptors (Lipinski definition) is 3. The summed E-state index contributed by atoms with van der Waals surface area (Å²) in [6.07, 6.45) is 2.01. The van der Waals surface area contributed by atoms with Crippen molar-refractivity contribution in [1.82, 2.24) is 10.6 Å². The van der Waals surface area contributed by atoms with E-state index in [1.165, 1.54) is 21.9 Å². The van der Waals surface area contributed by atoms with Crippen molar-refractivity contribution in [3.8, 4) is 22.3 Å². The predicted molar refractivity (Wildman–Crippen MR) is 163 cm³/mol. The number of benzene rings is 4. The molecule has 1 aliphatic carbocycles. The maximum absolute atomic E-state index is 13.8. The van der Waals surface area contributed by atoms with Crippen LogP contribution in [0.15, 0.2) is 79.4 Å². The van der Waals surface area contributed by atoms with Crippen molar-refractivity contribution in [1.29, 1.82) is 0 Å². The summed E-state index contributed by atoms with van der Waals surface area (Å²) in [6.45, 7) is 10.9. The van der Waals surface area contributed by atoms with Crippen molar-refractivity contribution < 1.29 is 4.79 Å². The molecule has 4 aromatic carbocycles. The molecule has 1 amide bonds. The van der Waals surface area contributed by atoms with Crippen LogP contribution in [0.2, 0.25) is 0 Å². The van der Waals surface area contributed by atoms with E-state index >= 15 is 0 Å². The average molecular weight is 524 g/mol. The minimum atomic E-state index is -0.00461. The van der Waals surface area contributed by atoms with E-state index in [-0.39, 0.29) is 18.3 Å². The number of halogens is 1. The fourth-order valence-corrected chi connectivity index (χ4v) is 5.88. The van der Waals surface area contributed by atoms with Crippen molar-refractivity contribution in [2.75, 3.05) is 37.6 Å². The second-order valence-electron chi connectivity index (χ2n) is 9.97. The highest BCUT2D eigenvalue weighted by Crippen LogP contribution is 2.53. The van der Waals surface area contributed by atoms with E-state index in [0.29, 0.717) is 6.54 Å². The predicted octanol–water partition coefficient (Wildman–Crippen LogP) is 6.91. The lowest BCUT2D eigenvalue weighted by Crippen LogP contribution is -2.44. The standard InChI is InChI=1S/C33H33N3O.ClH/c1-3-4-16-35-33(37)29-21-28(26-15-9-11-23-10-5-6-13-25(23)26)31-27-14-8-7-12-24(27)22(2)30(31)32(29)36-19-17-34-18-20-36;/h5-15,21,34H,2-4,16-20H2,1H3,(H,35,37);1H. The molecule has 0 spiro atoms. The van der Waals surface area contributed by atoms with Gasteiger partial charge in [0.1, 0.15) is 0 Å². The Morgan fingerprint density at radius 1 is 0.895 bits per heavy atom. The molecule has 0 saturated carbocycles. The number of anilines is 1. The van der Waals surface area contributed by atoms with Gasteiger partial charge < -0.3 is 15.5 Å². The average Bonchev–Trinajstić information content (AvgIpc) is 3.25. The summed E-state index contributed by atoms with van der Waals surface area (Å²) in [6, 6.07) is 25.6. The Labute approximate surface area is 231 Å². The smallest absolute Gasteiger partial charge is 0.253 e. The first kappa shape index (κ1) is 26.0. The van der Waals surface area contributed by atoms with Gasteiger partial charge in [-0.25, -0.2) is 0 Å². The molecule has 1 saturated heterocycles. The number of carbonyl (C=O) groups excluding carboxylic acids is 1. The summed E-state index contributed by atoms with van der Waals surface area (Å²) in [5.41, 5.74) is 9.65. The Morgan fingerprint density at radius 2 is 1.58 bits per heavy atom. The summed E-state index contributed by atoms with van der Waals surface area (Å²) in [5.74, 6) is -0.00461. The lowest BCUT2D eigenvalue weighted by molar-refractivity contribution is 0.0953. The van der Waals surface area contributed by atoms with Crippen LogP contribution in [0.25, 0.3) is 38.6 Å². The fourth-order valence-electron chi connectivity index (χ4n) is 5.88. The van der Waals surface area contributed by atoms with Crippen LogP contribution in [0.3, 0.4) is 0 Å². The highest BCUT2D eigenvalue weighted by molar-refractivity contribution is 6.16. The topological polar surface area (TPSA) is 44.4 Å². The first-order chi connectivity index (χ1) is 18.2. The number of nitrogens with one attached hydrogen (secondary N) is 2. The number of rotatable bonds is 6. The van der Waals surface area contributed by atoms with Gasteiger partial charge in [0.15, 0.2) is 0 Å². The number of hydrogen-bond donors (Lipinski definition) is 2. The third-order valence-corrected chi connectivity index (χ3v) is 7.70. The summed E-state index contributed by atoms with van der Waals surface area (Å²) in [7, 11) is 0. The van der Waals surface area contributed by atoms with E-state index in [1.807, 2.05) is 0 Å². The summed E-state index contributed by atoms with van der Waals surface area (Å²) in [4.78, 5) is 16.2. The van der Waals surface area contributed by atoms with Crippen molar-refractivity contribution in [3.05, 3.63) is 96.1 Å². The molecule has 0 bridgehead atoms. The Morgan fingerprint density at radius 3 is 2.37 bits per heavy atom. The van der Waals surface area contributed by atoms with Gasteiger partial charge in [-0.1, -0.05) is 86.7 Å². The van der Waals surface area contributed by atoms with Gasteiger partial charge in [0.25, 0.3) is 5.91 Å². The van der Waals surface area contributed by atoms with E-state index in [4.69, 9.17) is 0 Å². The maximum atomic E-state index is 13.8. The van der Waals surface area contributed by atoms with Gasteiger partial charge in [-0.05, 0) is 51.1 Å². The van der Waals surface area contributed by atoms with Gasteiger partial charge in [-0.15, -0.1) is 12.4 Å².